The second-order valence-electron chi connectivity index (χ2n) is 6.98. The number of guanidine groups is 1. The molecule has 2 amide bonds. The van der Waals surface area contributed by atoms with E-state index in [-0.39, 0.29) is 54.4 Å². The first kappa shape index (κ1) is 22.9. The first-order valence-electron chi connectivity index (χ1n) is 8.35. The van der Waals surface area contributed by atoms with Crippen molar-refractivity contribution in [2.45, 2.75) is 64.5 Å². The van der Waals surface area contributed by atoms with Gasteiger partial charge in [0.25, 0.3) is 0 Å². The molecule has 0 saturated heterocycles. The summed E-state index contributed by atoms with van der Waals surface area (Å²) in [5.41, 5.74) is -0.268. The van der Waals surface area contributed by atoms with Crippen LogP contribution in [-0.4, -0.2) is 49.5 Å². The Kier molecular flexibility index (Phi) is 11.0. The van der Waals surface area contributed by atoms with Crippen LogP contribution in [0.5, 0.6) is 0 Å². The van der Waals surface area contributed by atoms with Gasteiger partial charge in [-0.25, -0.2) is 0 Å². The van der Waals surface area contributed by atoms with Gasteiger partial charge in [-0.1, -0.05) is 19.3 Å². The molecule has 0 heterocycles. The highest BCUT2D eigenvalue weighted by Crippen LogP contribution is 2.16. The SMILES string of the molecule is CN=C(NCC(=O)NC1CCCCC1)NCC(=O)NC(C)(C)C.I. The van der Waals surface area contributed by atoms with Crippen molar-refractivity contribution in [2.75, 3.05) is 20.1 Å². The summed E-state index contributed by atoms with van der Waals surface area (Å²) in [6, 6.07) is 0.297. The lowest BCUT2D eigenvalue weighted by atomic mass is 9.95. The highest BCUT2D eigenvalue weighted by atomic mass is 127. The minimum absolute atomic E-state index is 0. The third-order valence-corrected chi connectivity index (χ3v) is 3.54. The van der Waals surface area contributed by atoms with Crippen molar-refractivity contribution in [1.82, 2.24) is 21.3 Å². The van der Waals surface area contributed by atoms with E-state index >= 15 is 0 Å². The number of amides is 2. The van der Waals surface area contributed by atoms with Gasteiger partial charge in [0.1, 0.15) is 0 Å². The normalized spacial score (nSPS) is 15.9. The summed E-state index contributed by atoms with van der Waals surface area (Å²) in [5.74, 6) is 0.277. The average molecular weight is 453 g/mol. The molecule has 1 fully saturated rings. The van der Waals surface area contributed by atoms with Gasteiger partial charge < -0.3 is 21.3 Å². The Morgan fingerprint density at radius 3 is 2.04 bits per heavy atom. The monoisotopic (exact) mass is 453 g/mol. The van der Waals surface area contributed by atoms with Gasteiger partial charge in [-0.15, -0.1) is 24.0 Å². The van der Waals surface area contributed by atoms with Gasteiger partial charge in [0.2, 0.25) is 11.8 Å². The molecule has 0 aliphatic heterocycles. The fourth-order valence-electron chi connectivity index (χ4n) is 2.54. The van der Waals surface area contributed by atoms with E-state index < -0.39 is 0 Å². The molecular formula is C16H32IN5O2. The van der Waals surface area contributed by atoms with Crippen molar-refractivity contribution in [3.63, 3.8) is 0 Å². The maximum Gasteiger partial charge on any atom is 0.239 e. The second kappa shape index (κ2) is 11.5. The van der Waals surface area contributed by atoms with E-state index in [2.05, 4.69) is 26.3 Å². The zero-order valence-corrected chi connectivity index (χ0v) is 17.5. The Morgan fingerprint density at radius 2 is 1.54 bits per heavy atom. The zero-order chi connectivity index (χ0) is 17.3. The lowest BCUT2D eigenvalue weighted by molar-refractivity contribution is -0.121. The van der Waals surface area contributed by atoms with Crippen molar-refractivity contribution in [3.05, 3.63) is 0 Å². The van der Waals surface area contributed by atoms with Crippen LogP contribution in [0, 0.1) is 0 Å². The fourth-order valence-corrected chi connectivity index (χ4v) is 2.54. The Balaban J connectivity index is 0.00000529. The summed E-state index contributed by atoms with van der Waals surface area (Å²) in [6.45, 7) is 6.03. The Morgan fingerprint density at radius 1 is 1.00 bits per heavy atom. The number of rotatable bonds is 5. The lowest BCUT2D eigenvalue weighted by Crippen LogP contribution is -2.50. The number of aliphatic imine (C=N–C) groups is 1. The quantitative estimate of drug-likeness (QED) is 0.285. The molecule has 0 aromatic carbocycles. The van der Waals surface area contributed by atoms with E-state index in [1.807, 2.05) is 20.8 Å². The summed E-state index contributed by atoms with van der Waals surface area (Å²) < 4.78 is 0. The largest absolute Gasteiger partial charge is 0.352 e. The minimum atomic E-state index is -0.268. The molecule has 7 nitrogen and oxygen atoms in total. The number of hydrogen-bond acceptors (Lipinski definition) is 3. The molecular weight excluding hydrogens is 421 g/mol. The van der Waals surface area contributed by atoms with Crippen LogP contribution in [-0.2, 0) is 9.59 Å². The minimum Gasteiger partial charge on any atom is -0.352 e. The molecule has 0 aromatic rings. The first-order valence-corrected chi connectivity index (χ1v) is 8.35. The van der Waals surface area contributed by atoms with Crippen LogP contribution in [0.15, 0.2) is 4.99 Å². The van der Waals surface area contributed by atoms with Crippen LogP contribution < -0.4 is 21.3 Å². The molecule has 1 aliphatic rings. The topological polar surface area (TPSA) is 94.6 Å². The summed E-state index contributed by atoms with van der Waals surface area (Å²) in [6.07, 6.45) is 5.75. The molecule has 0 spiro atoms. The van der Waals surface area contributed by atoms with E-state index in [0.29, 0.717) is 12.0 Å². The molecule has 0 unspecified atom stereocenters. The van der Waals surface area contributed by atoms with Crippen molar-refractivity contribution in [2.24, 2.45) is 4.99 Å². The summed E-state index contributed by atoms with van der Waals surface area (Å²) in [4.78, 5) is 27.7. The number of nitrogens with zero attached hydrogens (tertiary/aromatic N) is 1. The van der Waals surface area contributed by atoms with E-state index in [4.69, 9.17) is 0 Å². The number of carbonyl (C=O) groups is 2. The molecule has 4 N–H and O–H groups in total. The fraction of sp³-hybridized carbons (Fsp3) is 0.812. The van der Waals surface area contributed by atoms with Crippen LogP contribution >= 0.6 is 24.0 Å². The lowest BCUT2D eigenvalue weighted by Gasteiger charge is -2.23. The van der Waals surface area contributed by atoms with Crippen LogP contribution in [0.1, 0.15) is 52.9 Å². The highest BCUT2D eigenvalue weighted by Gasteiger charge is 2.16. The Bertz CT molecular complexity index is 429. The highest BCUT2D eigenvalue weighted by molar-refractivity contribution is 14.0. The Hall–Kier alpha value is -1.06. The summed E-state index contributed by atoms with van der Waals surface area (Å²) in [5, 5.41) is 11.7. The van der Waals surface area contributed by atoms with E-state index in [1.165, 1.54) is 19.3 Å². The maximum atomic E-state index is 11.9. The molecule has 8 heteroatoms. The van der Waals surface area contributed by atoms with E-state index in [9.17, 15) is 9.59 Å². The second-order valence-corrected chi connectivity index (χ2v) is 6.98. The number of hydrogen-bond donors (Lipinski definition) is 4. The van der Waals surface area contributed by atoms with E-state index in [0.717, 1.165) is 12.8 Å². The third-order valence-electron chi connectivity index (χ3n) is 3.54. The molecule has 0 radical (unpaired) electrons. The van der Waals surface area contributed by atoms with E-state index in [1.54, 1.807) is 7.05 Å². The van der Waals surface area contributed by atoms with Crippen LogP contribution in [0.4, 0.5) is 0 Å². The van der Waals surface area contributed by atoms with Gasteiger partial charge in [0.05, 0.1) is 13.1 Å². The van der Waals surface area contributed by atoms with Crippen LogP contribution in [0.3, 0.4) is 0 Å². The molecule has 1 aliphatic carbocycles. The van der Waals surface area contributed by atoms with Crippen molar-refractivity contribution >= 4 is 41.8 Å². The summed E-state index contributed by atoms with van der Waals surface area (Å²) in [7, 11) is 1.61. The van der Waals surface area contributed by atoms with Gasteiger partial charge in [-0.3, -0.25) is 14.6 Å². The standard InChI is InChI=1S/C16H31N5O2.HI/c1-16(2,3)21-14(23)11-19-15(17-4)18-10-13(22)20-12-8-6-5-7-9-12;/h12H,5-11H2,1-4H3,(H,20,22)(H,21,23)(H2,17,18,19);1H. The predicted molar refractivity (Wildman–Crippen MR) is 108 cm³/mol. The van der Waals surface area contributed by atoms with Crippen molar-refractivity contribution < 1.29 is 9.59 Å². The summed E-state index contributed by atoms with van der Waals surface area (Å²) >= 11 is 0. The van der Waals surface area contributed by atoms with Gasteiger partial charge in [0.15, 0.2) is 5.96 Å². The number of nitrogens with one attached hydrogen (secondary N) is 4. The zero-order valence-electron chi connectivity index (χ0n) is 15.2. The predicted octanol–water partition coefficient (Wildman–Crippen LogP) is 1.13. The average Bonchev–Trinajstić information content (AvgIpc) is 2.46. The molecule has 0 atom stereocenters. The van der Waals surface area contributed by atoms with Gasteiger partial charge in [-0.2, -0.15) is 0 Å². The molecule has 1 rings (SSSR count). The van der Waals surface area contributed by atoms with Gasteiger partial charge in [-0.05, 0) is 33.6 Å². The Labute approximate surface area is 162 Å². The van der Waals surface area contributed by atoms with Gasteiger partial charge >= 0.3 is 0 Å². The first-order chi connectivity index (χ1) is 10.8. The third kappa shape index (κ3) is 10.7. The van der Waals surface area contributed by atoms with Crippen molar-refractivity contribution in [3.8, 4) is 0 Å². The smallest absolute Gasteiger partial charge is 0.239 e. The molecule has 140 valence electrons. The van der Waals surface area contributed by atoms with Crippen molar-refractivity contribution in [1.29, 1.82) is 0 Å². The number of carbonyl (C=O) groups excluding carboxylic acids is 2. The van der Waals surface area contributed by atoms with Crippen LogP contribution in [0.25, 0.3) is 0 Å². The molecule has 1 saturated carbocycles. The van der Waals surface area contributed by atoms with Gasteiger partial charge in [0, 0.05) is 18.6 Å². The number of halogens is 1. The molecule has 0 bridgehead atoms. The maximum absolute atomic E-state index is 11.9. The molecule has 0 aromatic heterocycles. The van der Waals surface area contributed by atoms with Crippen LogP contribution in [0.2, 0.25) is 0 Å². The molecule has 24 heavy (non-hydrogen) atoms.